The van der Waals surface area contributed by atoms with Crippen molar-refractivity contribution < 1.29 is 14.3 Å². The standard InChI is InChI=1S/C20H23NO3/c1-14-8-11-18(19(12-14)23-3)24-13-20(22)21-15(2)9-10-16-6-4-5-7-17(16)21/h4-8,11-12,15H,9-10,13H2,1-3H3. The molecule has 2 aromatic rings. The number of carbonyl (C=O) groups is 1. The lowest BCUT2D eigenvalue weighted by atomic mass is 9.96. The van der Waals surface area contributed by atoms with Gasteiger partial charge in [-0.05, 0) is 56.0 Å². The first kappa shape index (κ1) is 16.4. The Labute approximate surface area is 143 Å². The number of para-hydroxylation sites is 1. The Balaban J connectivity index is 1.76. The van der Waals surface area contributed by atoms with E-state index >= 15 is 0 Å². The number of ether oxygens (including phenoxy) is 2. The normalized spacial score (nSPS) is 16.5. The van der Waals surface area contributed by atoms with E-state index in [0.29, 0.717) is 11.5 Å². The molecule has 0 fully saturated rings. The fraction of sp³-hybridized carbons (Fsp3) is 0.350. The minimum absolute atomic E-state index is 0.00189. The summed E-state index contributed by atoms with van der Waals surface area (Å²) >= 11 is 0. The van der Waals surface area contributed by atoms with Gasteiger partial charge in [0.1, 0.15) is 0 Å². The van der Waals surface area contributed by atoms with Crippen molar-refractivity contribution in [2.24, 2.45) is 0 Å². The van der Waals surface area contributed by atoms with Crippen molar-refractivity contribution in [2.45, 2.75) is 32.7 Å². The molecule has 1 unspecified atom stereocenters. The van der Waals surface area contributed by atoms with Crippen LogP contribution in [0.5, 0.6) is 11.5 Å². The van der Waals surface area contributed by atoms with Crippen LogP contribution in [0.1, 0.15) is 24.5 Å². The number of fused-ring (bicyclic) bond motifs is 1. The fourth-order valence-electron chi connectivity index (χ4n) is 3.17. The molecule has 0 bridgehead atoms. The molecule has 0 saturated carbocycles. The molecule has 0 spiro atoms. The summed E-state index contributed by atoms with van der Waals surface area (Å²) in [7, 11) is 1.60. The number of nitrogens with zero attached hydrogens (tertiary/aromatic N) is 1. The fourth-order valence-corrected chi connectivity index (χ4v) is 3.17. The van der Waals surface area contributed by atoms with Crippen molar-refractivity contribution in [3.05, 3.63) is 53.6 Å². The van der Waals surface area contributed by atoms with E-state index in [1.807, 2.05) is 48.2 Å². The number of methoxy groups -OCH3 is 1. The van der Waals surface area contributed by atoms with Crippen molar-refractivity contribution in [2.75, 3.05) is 18.6 Å². The number of anilines is 1. The van der Waals surface area contributed by atoms with Gasteiger partial charge >= 0.3 is 0 Å². The van der Waals surface area contributed by atoms with Gasteiger partial charge in [-0.1, -0.05) is 24.3 Å². The Kier molecular flexibility index (Phi) is 4.74. The maximum atomic E-state index is 12.8. The second-order valence-corrected chi connectivity index (χ2v) is 6.22. The third-order valence-corrected chi connectivity index (χ3v) is 4.46. The van der Waals surface area contributed by atoms with Crippen molar-refractivity contribution in [3.63, 3.8) is 0 Å². The van der Waals surface area contributed by atoms with E-state index in [0.717, 1.165) is 24.1 Å². The molecule has 0 aromatic heterocycles. The summed E-state index contributed by atoms with van der Waals surface area (Å²) in [6, 6.07) is 14.0. The molecule has 3 rings (SSSR count). The Hall–Kier alpha value is -2.49. The lowest BCUT2D eigenvalue weighted by Gasteiger charge is -2.35. The predicted octanol–water partition coefficient (Wildman–Crippen LogP) is 3.75. The molecule has 1 atom stereocenters. The first-order valence-electron chi connectivity index (χ1n) is 8.27. The highest BCUT2D eigenvalue weighted by Crippen LogP contribution is 2.31. The highest BCUT2D eigenvalue weighted by Gasteiger charge is 2.28. The first-order valence-corrected chi connectivity index (χ1v) is 8.27. The van der Waals surface area contributed by atoms with Crippen LogP contribution in [0.15, 0.2) is 42.5 Å². The van der Waals surface area contributed by atoms with Crippen LogP contribution in [0, 0.1) is 6.92 Å². The van der Waals surface area contributed by atoms with Crippen molar-refractivity contribution in [3.8, 4) is 11.5 Å². The second kappa shape index (κ2) is 6.95. The Morgan fingerprint density at radius 3 is 2.79 bits per heavy atom. The smallest absolute Gasteiger partial charge is 0.265 e. The molecule has 126 valence electrons. The molecule has 0 radical (unpaired) electrons. The summed E-state index contributed by atoms with van der Waals surface area (Å²) in [4.78, 5) is 14.6. The van der Waals surface area contributed by atoms with Gasteiger partial charge in [0, 0.05) is 11.7 Å². The van der Waals surface area contributed by atoms with Gasteiger partial charge in [-0.25, -0.2) is 0 Å². The maximum absolute atomic E-state index is 12.8. The van der Waals surface area contributed by atoms with E-state index in [9.17, 15) is 4.79 Å². The highest BCUT2D eigenvalue weighted by molar-refractivity contribution is 5.96. The number of aryl methyl sites for hydroxylation is 2. The number of benzene rings is 2. The molecule has 0 aliphatic carbocycles. The number of carbonyl (C=O) groups excluding carboxylic acids is 1. The monoisotopic (exact) mass is 325 g/mol. The molecule has 0 saturated heterocycles. The zero-order valence-corrected chi connectivity index (χ0v) is 14.4. The molecule has 1 aliphatic heterocycles. The van der Waals surface area contributed by atoms with E-state index < -0.39 is 0 Å². The minimum atomic E-state index is -0.0303. The average Bonchev–Trinajstić information content (AvgIpc) is 2.60. The first-order chi connectivity index (χ1) is 11.6. The van der Waals surface area contributed by atoms with Gasteiger partial charge in [0.05, 0.1) is 7.11 Å². The lowest BCUT2D eigenvalue weighted by Crippen LogP contribution is -2.44. The quantitative estimate of drug-likeness (QED) is 0.859. The zero-order valence-electron chi connectivity index (χ0n) is 14.4. The summed E-state index contributed by atoms with van der Waals surface area (Å²) in [5.41, 5.74) is 3.31. The zero-order chi connectivity index (χ0) is 17.1. The van der Waals surface area contributed by atoms with Gasteiger partial charge in [0.15, 0.2) is 18.1 Å². The molecular formula is C20H23NO3. The summed E-state index contributed by atoms with van der Waals surface area (Å²) in [5.74, 6) is 1.21. The maximum Gasteiger partial charge on any atom is 0.265 e. The van der Waals surface area contributed by atoms with Gasteiger partial charge < -0.3 is 14.4 Å². The van der Waals surface area contributed by atoms with Gasteiger partial charge in [-0.3, -0.25) is 4.79 Å². The van der Waals surface area contributed by atoms with Crippen molar-refractivity contribution in [1.29, 1.82) is 0 Å². The van der Waals surface area contributed by atoms with E-state index in [-0.39, 0.29) is 18.6 Å². The minimum Gasteiger partial charge on any atom is -0.493 e. The average molecular weight is 325 g/mol. The van der Waals surface area contributed by atoms with E-state index in [1.165, 1.54) is 5.56 Å². The summed E-state index contributed by atoms with van der Waals surface area (Å²) < 4.78 is 11.1. The summed E-state index contributed by atoms with van der Waals surface area (Å²) in [6.07, 6.45) is 1.98. The number of amides is 1. The SMILES string of the molecule is COc1cc(C)ccc1OCC(=O)N1c2ccccc2CCC1C. The molecule has 1 aliphatic rings. The van der Waals surface area contributed by atoms with Crippen molar-refractivity contribution in [1.82, 2.24) is 0 Å². The van der Waals surface area contributed by atoms with E-state index in [2.05, 4.69) is 13.0 Å². The Morgan fingerprint density at radius 1 is 1.21 bits per heavy atom. The van der Waals surface area contributed by atoms with Gasteiger partial charge in [-0.15, -0.1) is 0 Å². The Bertz CT molecular complexity index is 741. The third-order valence-electron chi connectivity index (χ3n) is 4.46. The van der Waals surface area contributed by atoms with Gasteiger partial charge in [-0.2, -0.15) is 0 Å². The molecule has 2 aromatic carbocycles. The molecule has 4 heteroatoms. The molecule has 4 nitrogen and oxygen atoms in total. The van der Waals surface area contributed by atoms with E-state index in [1.54, 1.807) is 7.11 Å². The van der Waals surface area contributed by atoms with Crippen molar-refractivity contribution >= 4 is 11.6 Å². The Morgan fingerprint density at radius 2 is 2.00 bits per heavy atom. The largest absolute Gasteiger partial charge is 0.493 e. The number of hydrogen-bond acceptors (Lipinski definition) is 3. The van der Waals surface area contributed by atoms with Crippen LogP contribution in [0.25, 0.3) is 0 Å². The number of hydrogen-bond donors (Lipinski definition) is 0. The molecular weight excluding hydrogens is 302 g/mol. The van der Waals surface area contributed by atoms with Gasteiger partial charge in [0.2, 0.25) is 0 Å². The second-order valence-electron chi connectivity index (χ2n) is 6.22. The van der Waals surface area contributed by atoms with Crippen LogP contribution >= 0.6 is 0 Å². The molecule has 0 N–H and O–H groups in total. The lowest BCUT2D eigenvalue weighted by molar-refractivity contribution is -0.121. The topological polar surface area (TPSA) is 38.8 Å². The molecule has 24 heavy (non-hydrogen) atoms. The van der Waals surface area contributed by atoms with E-state index in [4.69, 9.17) is 9.47 Å². The highest BCUT2D eigenvalue weighted by atomic mass is 16.5. The van der Waals surface area contributed by atoms with Crippen LogP contribution in [-0.4, -0.2) is 25.7 Å². The van der Waals surface area contributed by atoms with Crippen LogP contribution < -0.4 is 14.4 Å². The van der Waals surface area contributed by atoms with Crippen LogP contribution in [0.2, 0.25) is 0 Å². The van der Waals surface area contributed by atoms with Crippen LogP contribution in [-0.2, 0) is 11.2 Å². The predicted molar refractivity (Wildman–Crippen MR) is 94.9 cm³/mol. The number of rotatable bonds is 4. The third kappa shape index (κ3) is 3.23. The summed E-state index contributed by atoms with van der Waals surface area (Å²) in [5, 5.41) is 0. The van der Waals surface area contributed by atoms with Gasteiger partial charge in [0.25, 0.3) is 5.91 Å². The van der Waals surface area contributed by atoms with Crippen LogP contribution in [0.4, 0.5) is 5.69 Å². The molecule has 1 heterocycles. The summed E-state index contributed by atoms with van der Waals surface area (Å²) in [6.45, 7) is 4.07. The molecule has 1 amide bonds. The van der Waals surface area contributed by atoms with Crippen LogP contribution in [0.3, 0.4) is 0 Å².